The van der Waals surface area contributed by atoms with Crippen molar-refractivity contribution in [2.24, 2.45) is 0 Å². The normalized spacial score (nSPS) is 14.8. The molecule has 1 aliphatic carbocycles. The average molecular weight is 655 g/mol. The molecule has 8 aromatic rings. The fourth-order valence-electron chi connectivity index (χ4n) is 7.91. The third-order valence-electron chi connectivity index (χ3n) is 10.4. The van der Waals surface area contributed by atoms with E-state index in [-0.39, 0.29) is 5.92 Å². The maximum atomic E-state index is 6.61. The second kappa shape index (κ2) is 12.1. The summed E-state index contributed by atoms with van der Waals surface area (Å²) in [5.41, 5.74) is 12.8. The lowest BCUT2D eigenvalue weighted by molar-refractivity contribution is 0.418. The first kappa shape index (κ1) is 29.3. The van der Waals surface area contributed by atoms with Crippen molar-refractivity contribution in [3.8, 4) is 33.7 Å². The van der Waals surface area contributed by atoms with Crippen LogP contribution < -0.4 is 9.64 Å². The lowest BCUT2D eigenvalue weighted by Crippen LogP contribution is -2.21. The van der Waals surface area contributed by atoms with E-state index in [1.807, 2.05) is 0 Å². The number of benzene rings is 7. The van der Waals surface area contributed by atoms with E-state index in [4.69, 9.17) is 4.74 Å². The standard InChI is InChI=1S/C48H34N2O/c1-2-11-33(12-3-1)34-21-27-37(28-22-34)49(46-19-10-16-43-42-15-6-9-20-47(42)51-48(43)46)38-29-23-35(24-30-38)36-25-31-39(32-26-36)50-44-17-7-4-13-40(44)41-14-5-8-18-45(41)50/h1-15,17-32,43H,16H2. The van der Waals surface area contributed by atoms with Crippen LogP contribution in [0.4, 0.5) is 11.4 Å². The Morgan fingerprint density at radius 3 is 1.63 bits per heavy atom. The minimum atomic E-state index is 0.208. The Morgan fingerprint density at radius 1 is 0.490 bits per heavy atom. The van der Waals surface area contributed by atoms with Crippen LogP contribution in [0.5, 0.6) is 5.75 Å². The van der Waals surface area contributed by atoms with Crippen molar-refractivity contribution in [1.82, 2.24) is 4.57 Å². The zero-order valence-electron chi connectivity index (χ0n) is 28.0. The van der Waals surface area contributed by atoms with E-state index < -0.39 is 0 Å². The van der Waals surface area contributed by atoms with Gasteiger partial charge < -0.3 is 14.2 Å². The molecule has 0 N–H and O–H groups in total. The molecule has 242 valence electrons. The Balaban J connectivity index is 1.02. The molecule has 0 radical (unpaired) electrons. The second-order valence-corrected chi connectivity index (χ2v) is 13.3. The first-order chi connectivity index (χ1) is 25.3. The minimum absolute atomic E-state index is 0.208. The maximum absolute atomic E-state index is 6.61. The molecular formula is C48H34N2O. The number of ether oxygens (including phenoxy) is 1. The van der Waals surface area contributed by atoms with Crippen molar-refractivity contribution in [3.63, 3.8) is 0 Å². The molecule has 0 spiro atoms. The molecule has 1 atom stereocenters. The highest BCUT2D eigenvalue weighted by Crippen LogP contribution is 2.48. The van der Waals surface area contributed by atoms with Crippen LogP contribution in [0.2, 0.25) is 0 Å². The average Bonchev–Trinajstić information content (AvgIpc) is 3.76. The predicted octanol–water partition coefficient (Wildman–Crippen LogP) is 12.6. The molecule has 1 aliphatic heterocycles. The first-order valence-corrected chi connectivity index (χ1v) is 17.6. The van der Waals surface area contributed by atoms with Crippen LogP contribution >= 0.6 is 0 Å². The van der Waals surface area contributed by atoms with Gasteiger partial charge in [0.05, 0.1) is 22.6 Å². The Labute approximate surface area is 297 Å². The SMILES string of the molecule is C1=CC(N(c2ccc(-c3ccccc3)cc2)c2ccc(-c3ccc(-n4c5ccccc5c5ccccc54)cc3)cc2)=C2Oc3ccccc3C2C1. The van der Waals surface area contributed by atoms with Crippen LogP contribution in [-0.4, -0.2) is 4.57 Å². The van der Waals surface area contributed by atoms with Crippen molar-refractivity contribution >= 4 is 33.2 Å². The van der Waals surface area contributed by atoms with Gasteiger partial charge in [-0.1, -0.05) is 127 Å². The van der Waals surface area contributed by atoms with Gasteiger partial charge in [-0.25, -0.2) is 0 Å². The van der Waals surface area contributed by atoms with Crippen LogP contribution in [0.25, 0.3) is 49.7 Å². The molecule has 3 nitrogen and oxygen atoms in total. The molecule has 10 rings (SSSR count). The van der Waals surface area contributed by atoms with E-state index >= 15 is 0 Å². The van der Waals surface area contributed by atoms with Gasteiger partial charge in [0.1, 0.15) is 11.5 Å². The van der Waals surface area contributed by atoms with Gasteiger partial charge in [-0.15, -0.1) is 0 Å². The summed E-state index contributed by atoms with van der Waals surface area (Å²) in [7, 11) is 0. The topological polar surface area (TPSA) is 17.4 Å². The highest BCUT2D eigenvalue weighted by Gasteiger charge is 2.35. The van der Waals surface area contributed by atoms with E-state index in [9.17, 15) is 0 Å². The Kier molecular flexibility index (Phi) is 6.95. The highest BCUT2D eigenvalue weighted by molar-refractivity contribution is 6.09. The molecule has 0 bridgehead atoms. The van der Waals surface area contributed by atoms with Crippen LogP contribution in [0.15, 0.2) is 200 Å². The molecule has 0 saturated heterocycles. The summed E-state index contributed by atoms with van der Waals surface area (Å²) < 4.78 is 8.98. The zero-order valence-corrected chi connectivity index (χ0v) is 28.0. The molecule has 51 heavy (non-hydrogen) atoms. The summed E-state index contributed by atoms with van der Waals surface area (Å²) in [6.45, 7) is 0. The van der Waals surface area contributed by atoms with Crippen LogP contribution in [0, 0.1) is 0 Å². The summed E-state index contributed by atoms with van der Waals surface area (Å²) in [6.07, 6.45) is 5.44. The fourth-order valence-corrected chi connectivity index (χ4v) is 7.91. The number of aromatic nitrogens is 1. The third kappa shape index (κ3) is 4.97. The summed E-state index contributed by atoms with van der Waals surface area (Å²) in [6, 6.07) is 63.0. The van der Waals surface area contributed by atoms with Crippen molar-refractivity contribution < 1.29 is 4.74 Å². The summed E-state index contributed by atoms with van der Waals surface area (Å²) >= 11 is 0. The fraction of sp³-hybridized carbons (Fsp3) is 0.0417. The van der Waals surface area contributed by atoms with E-state index in [0.29, 0.717) is 0 Å². The molecule has 7 aromatic carbocycles. The lowest BCUT2D eigenvalue weighted by Gasteiger charge is -2.30. The minimum Gasteiger partial charge on any atom is -0.459 e. The first-order valence-electron chi connectivity index (χ1n) is 17.6. The Bertz CT molecular complexity index is 2560. The number of hydrogen-bond donors (Lipinski definition) is 0. The zero-order chi connectivity index (χ0) is 33.7. The Hall–Kier alpha value is -6.58. The number of allylic oxidation sites excluding steroid dienone is 3. The largest absolute Gasteiger partial charge is 0.459 e. The molecular weight excluding hydrogens is 621 g/mol. The summed E-state index contributed by atoms with van der Waals surface area (Å²) in [4.78, 5) is 2.34. The van der Waals surface area contributed by atoms with E-state index in [2.05, 4.69) is 198 Å². The molecule has 3 heteroatoms. The van der Waals surface area contributed by atoms with E-state index in [0.717, 1.165) is 40.7 Å². The number of rotatable bonds is 6. The number of para-hydroxylation sites is 3. The van der Waals surface area contributed by atoms with Crippen LogP contribution in [-0.2, 0) is 0 Å². The number of nitrogens with zero attached hydrogens (tertiary/aromatic N) is 2. The molecule has 2 heterocycles. The predicted molar refractivity (Wildman–Crippen MR) is 211 cm³/mol. The van der Waals surface area contributed by atoms with Crippen LogP contribution in [0.1, 0.15) is 17.9 Å². The van der Waals surface area contributed by atoms with Gasteiger partial charge in [0.15, 0.2) is 0 Å². The van der Waals surface area contributed by atoms with Gasteiger partial charge in [0.25, 0.3) is 0 Å². The van der Waals surface area contributed by atoms with Gasteiger partial charge in [0, 0.05) is 33.4 Å². The van der Waals surface area contributed by atoms with Gasteiger partial charge in [-0.3, -0.25) is 0 Å². The number of anilines is 2. The van der Waals surface area contributed by atoms with Crippen molar-refractivity contribution in [2.45, 2.75) is 12.3 Å². The molecule has 0 fully saturated rings. The number of fused-ring (bicyclic) bond motifs is 6. The molecule has 0 amide bonds. The molecule has 1 aromatic heterocycles. The summed E-state index contributed by atoms with van der Waals surface area (Å²) in [5.74, 6) is 2.17. The van der Waals surface area contributed by atoms with E-state index in [1.165, 1.54) is 49.6 Å². The van der Waals surface area contributed by atoms with Gasteiger partial charge in [-0.05, 0) is 89.3 Å². The van der Waals surface area contributed by atoms with Crippen molar-refractivity contribution in [1.29, 1.82) is 0 Å². The van der Waals surface area contributed by atoms with Gasteiger partial charge in [0.2, 0.25) is 0 Å². The molecule has 0 saturated carbocycles. The number of hydrogen-bond acceptors (Lipinski definition) is 2. The van der Waals surface area contributed by atoms with Crippen molar-refractivity contribution in [3.05, 3.63) is 205 Å². The second-order valence-electron chi connectivity index (χ2n) is 13.3. The summed E-state index contributed by atoms with van der Waals surface area (Å²) in [5, 5.41) is 2.54. The third-order valence-corrected chi connectivity index (χ3v) is 10.4. The lowest BCUT2D eigenvalue weighted by atomic mass is 9.90. The van der Waals surface area contributed by atoms with Crippen molar-refractivity contribution in [2.75, 3.05) is 4.90 Å². The Morgan fingerprint density at radius 2 is 1.00 bits per heavy atom. The van der Waals surface area contributed by atoms with Gasteiger partial charge in [-0.2, -0.15) is 0 Å². The van der Waals surface area contributed by atoms with Crippen LogP contribution in [0.3, 0.4) is 0 Å². The van der Waals surface area contributed by atoms with Gasteiger partial charge >= 0.3 is 0 Å². The monoisotopic (exact) mass is 654 g/mol. The quantitative estimate of drug-likeness (QED) is 0.178. The van der Waals surface area contributed by atoms with E-state index in [1.54, 1.807) is 0 Å². The smallest absolute Gasteiger partial charge is 0.136 e. The molecule has 1 unspecified atom stereocenters. The maximum Gasteiger partial charge on any atom is 0.136 e. The molecule has 2 aliphatic rings. The highest BCUT2D eigenvalue weighted by atomic mass is 16.5.